The predicted molar refractivity (Wildman–Crippen MR) is 96.9 cm³/mol. The van der Waals surface area contributed by atoms with Crippen molar-refractivity contribution in [1.29, 1.82) is 0 Å². The molecule has 1 saturated heterocycles. The third-order valence-electron chi connectivity index (χ3n) is 4.61. The van der Waals surface area contributed by atoms with Gasteiger partial charge in [0, 0.05) is 37.6 Å². The standard InChI is InChI=1S/C19H25N3O2/c1-4-21-9-11-22(12-10-21)16-6-7-17(14(2)13-16)20-19(23)18-8-5-15(3)24-18/h5-8,13H,4,9-12H2,1-3H3,(H,20,23). The zero-order chi connectivity index (χ0) is 17.1. The Labute approximate surface area is 143 Å². The molecule has 5 heteroatoms. The van der Waals surface area contributed by atoms with E-state index in [1.54, 1.807) is 12.1 Å². The number of amides is 1. The van der Waals surface area contributed by atoms with Crippen molar-refractivity contribution in [3.8, 4) is 0 Å². The van der Waals surface area contributed by atoms with Crippen LogP contribution in [0.3, 0.4) is 0 Å². The van der Waals surface area contributed by atoms with Crippen molar-refractivity contribution in [2.75, 3.05) is 42.9 Å². The van der Waals surface area contributed by atoms with Gasteiger partial charge in [0.05, 0.1) is 0 Å². The molecule has 5 nitrogen and oxygen atoms in total. The maximum atomic E-state index is 12.2. The third-order valence-corrected chi connectivity index (χ3v) is 4.61. The van der Waals surface area contributed by atoms with Gasteiger partial charge in [-0.1, -0.05) is 6.92 Å². The summed E-state index contributed by atoms with van der Waals surface area (Å²) in [4.78, 5) is 17.1. The first-order valence-electron chi connectivity index (χ1n) is 8.52. The lowest BCUT2D eigenvalue weighted by molar-refractivity contribution is 0.0995. The van der Waals surface area contributed by atoms with Crippen LogP contribution < -0.4 is 10.2 Å². The molecule has 2 aromatic rings. The van der Waals surface area contributed by atoms with E-state index in [4.69, 9.17) is 4.42 Å². The largest absolute Gasteiger partial charge is 0.456 e. The van der Waals surface area contributed by atoms with Crippen LogP contribution in [0.1, 0.15) is 28.8 Å². The highest BCUT2D eigenvalue weighted by Crippen LogP contribution is 2.24. The lowest BCUT2D eigenvalue weighted by atomic mass is 10.1. The number of hydrogen-bond donors (Lipinski definition) is 1. The Morgan fingerprint density at radius 3 is 2.46 bits per heavy atom. The molecule has 2 heterocycles. The third kappa shape index (κ3) is 3.62. The summed E-state index contributed by atoms with van der Waals surface area (Å²) < 4.78 is 5.37. The zero-order valence-electron chi connectivity index (χ0n) is 14.6. The number of piperazine rings is 1. The summed E-state index contributed by atoms with van der Waals surface area (Å²) >= 11 is 0. The highest BCUT2D eigenvalue weighted by Gasteiger charge is 2.17. The monoisotopic (exact) mass is 327 g/mol. The molecule has 0 saturated carbocycles. The average molecular weight is 327 g/mol. The number of nitrogens with zero attached hydrogens (tertiary/aromatic N) is 2. The van der Waals surface area contributed by atoms with Gasteiger partial charge in [-0.3, -0.25) is 4.79 Å². The van der Waals surface area contributed by atoms with E-state index >= 15 is 0 Å². The summed E-state index contributed by atoms with van der Waals surface area (Å²) in [6.45, 7) is 11.5. The Bertz CT molecular complexity index is 715. The smallest absolute Gasteiger partial charge is 0.291 e. The van der Waals surface area contributed by atoms with Gasteiger partial charge in [-0.05, 0) is 56.3 Å². The van der Waals surface area contributed by atoms with Gasteiger partial charge in [-0.2, -0.15) is 0 Å². The molecule has 24 heavy (non-hydrogen) atoms. The highest BCUT2D eigenvalue weighted by atomic mass is 16.3. The van der Waals surface area contributed by atoms with Crippen LogP contribution in [0.2, 0.25) is 0 Å². The fourth-order valence-electron chi connectivity index (χ4n) is 3.05. The lowest BCUT2D eigenvalue weighted by Gasteiger charge is -2.35. The van der Waals surface area contributed by atoms with Crippen LogP contribution in [0, 0.1) is 13.8 Å². The first kappa shape index (κ1) is 16.6. The normalized spacial score (nSPS) is 15.5. The summed E-state index contributed by atoms with van der Waals surface area (Å²) in [5.74, 6) is 0.862. The van der Waals surface area contributed by atoms with Crippen LogP contribution in [0.4, 0.5) is 11.4 Å². The quantitative estimate of drug-likeness (QED) is 0.936. The van der Waals surface area contributed by atoms with Crippen LogP contribution >= 0.6 is 0 Å². The number of carbonyl (C=O) groups is 1. The molecular weight excluding hydrogens is 302 g/mol. The van der Waals surface area contributed by atoms with Gasteiger partial charge in [0.25, 0.3) is 5.91 Å². The number of likely N-dealkylation sites (N-methyl/N-ethyl adjacent to an activating group) is 1. The Morgan fingerprint density at radius 1 is 1.12 bits per heavy atom. The number of benzene rings is 1. The number of nitrogens with one attached hydrogen (secondary N) is 1. The molecule has 0 unspecified atom stereocenters. The molecule has 0 spiro atoms. The van der Waals surface area contributed by atoms with Gasteiger partial charge in [-0.15, -0.1) is 0 Å². The van der Waals surface area contributed by atoms with Crippen LogP contribution in [0.5, 0.6) is 0 Å². The van der Waals surface area contributed by atoms with Crippen molar-refractivity contribution in [1.82, 2.24) is 4.90 Å². The van der Waals surface area contributed by atoms with E-state index in [0.717, 1.165) is 49.7 Å². The molecule has 1 aliphatic heterocycles. The summed E-state index contributed by atoms with van der Waals surface area (Å²) in [7, 11) is 0. The fraction of sp³-hybridized carbons (Fsp3) is 0.421. The van der Waals surface area contributed by atoms with Gasteiger partial charge >= 0.3 is 0 Å². The number of carbonyl (C=O) groups excluding carboxylic acids is 1. The van der Waals surface area contributed by atoms with E-state index in [2.05, 4.69) is 34.2 Å². The molecule has 128 valence electrons. The maximum absolute atomic E-state index is 12.2. The van der Waals surface area contributed by atoms with Crippen molar-refractivity contribution in [2.45, 2.75) is 20.8 Å². The molecule has 1 N–H and O–H groups in total. The second kappa shape index (κ2) is 7.09. The van der Waals surface area contributed by atoms with Crippen LogP contribution in [0.15, 0.2) is 34.7 Å². The van der Waals surface area contributed by atoms with Gasteiger partial charge < -0.3 is 19.5 Å². The molecule has 1 fully saturated rings. The van der Waals surface area contributed by atoms with Crippen molar-refractivity contribution >= 4 is 17.3 Å². The molecule has 1 aliphatic rings. The fourth-order valence-corrected chi connectivity index (χ4v) is 3.05. The van der Waals surface area contributed by atoms with E-state index in [-0.39, 0.29) is 5.91 Å². The van der Waals surface area contributed by atoms with E-state index in [1.807, 2.05) is 19.9 Å². The summed E-state index contributed by atoms with van der Waals surface area (Å²) in [6.07, 6.45) is 0. The zero-order valence-corrected chi connectivity index (χ0v) is 14.6. The lowest BCUT2D eigenvalue weighted by Crippen LogP contribution is -2.46. The van der Waals surface area contributed by atoms with Crippen LogP contribution in [0.25, 0.3) is 0 Å². The first-order valence-corrected chi connectivity index (χ1v) is 8.52. The van der Waals surface area contributed by atoms with Crippen molar-refractivity contribution in [3.05, 3.63) is 47.4 Å². The molecule has 0 radical (unpaired) electrons. The molecule has 1 aromatic heterocycles. The molecule has 0 aliphatic carbocycles. The van der Waals surface area contributed by atoms with Gasteiger partial charge in [0.15, 0.2) is 5.76 Å². The Morgan fingerprint density at radius 2 is 1.88 bits per heavy atom. The first-order chi connectivity index (χ1) is 11.6. The molecule has 1 amide bonds. The summed E-state index contributed by atoms with van der Waals surface area (Å²) in [6, 6.07) is 9.69. The number of aryl methyl sites for hydroxylation is 2. The summed E-state index contributed by atoms with van der Waals surface area (Å²) in [5.41, 5.74) is 3.10. The van der Waals surface area contributed by atoms with E-state index in [0.29, 0.717) is 5.76 Å². The number of hydrogen-bond acceptors (Lipinski definition) is 4. The van der Waals surface area contributed by atoms with Crippen LogP contribution in [-0.4, -0.2) is 43.5 Å². The molecule has 1 aromatic carbocycles. The maximum Gasteiger partial charge on any atom is 0.291 e. The average Bonchev–Trinajstić information content (AvgIpc) is 3.03. The number of anilines is 2. The van der Waals surface area contributed by atoms with E-state index < -0.39 is 0 Å². The number of furan rings is 1. The molecule has 3 rings (SSSR count). The SMILES string of the molecule is CCN1CCN(c2ccc(NC(=O)c3ccc(C)o3)c(C)c2)CC1. The van der Waals surface area contributed by atoms with E-state index in [9.17, 15) is 4.79 Å². The Kier molecular flexibility index (Phi) is 4.90. The van der Waals surface area contributed by atoms with Gasteiger partial charge in [0.2, 0.25) is 0 Å². The van der Waals surface area contributed by atoms with Crippen molar-refractivity contribution < 1.29 is 9.21 Å². The van der Waals surface area contributed by atoms with E-state index in [1.165, 1.54) is 5.69 Å². The van der Waals surface area contributed by atoms with Gasteiger partial charge in [0.1, 0.15) is 5.76 Å². The highest BCUT2D eigenvalue weighted by molar-refractivity contribution is 6.02. The molecule has 0 atom stereocenters. The second-order valence-electron chi connectivity index (χ2n) is 6.28. The minimum absolute atomic E-state index is 0.212. The topological polar surface area (TPSA) is 48.7 Å². The van der Waals surface area contributed by atoms with Crippen LogP contribution in [-0.2, 0) is 0 Å². The Hall–Kier alpha value is -2.27. The molecular formula is C19H25N3O2. The number of rotatable bonds is 4. The minimum Gasteiger partial charge on any atom is -0.456 e. The predicted octanol–water partition coefficient (Wildman–Crippen LogP) is 3.29. The second-order valence-corrected chi connectivity index (χ2v) is 6.28. The minimum atomic E-state index is -0.212. The van der Waals surface area contributed by atoms with Gasteiger partial charge in [-0.25, -0.2) is 0 Å². The van der Waals surface area contributed by atoms with Crippen molar-refractivity contribution in [2.24, 2.45) is 0 Å². The summed E-state index contributed by atoms with van der Waals surface area (Å²) in [5, 5.41) is 2.93. The molecule has 0 bridgehead atoms. The Balaban J connectivity index is 1.67. The van der Waals surface area contributed by atoms with Crippen molar-refractivity contribution in [3.63, 3.8) is 0 Å².